The lowest BCUT2D eigenvalue weighted by Crippen LogP contribution is -2.30. The van der Waals surface area contributed by atoms with Crippen LogP contribution in [0.25, 0.3) is 59.9 Å². The molecular formula is C31H27N3Si. The van der Waals surface area contributed by atoms with E-state index >= 15 is 0 Å². The molecule has 0 spiro atoms. The fourth-order valence-electron chi connectivity index (χ4n) is 6.71. The Morgan fingerprint density at radius 1 is 0.771 bits per heavy atom. The summed E-state index contributed by atoms with van der Waals surface area (Å²) >= 11 is 0. The molecule has 0 atom stereocenters. The van der Waals surface area contributed by atoms with Gasteiger partial charge in [-0.15, -0.1) is 0 Å². The first-order chi connectivity index (χ1) is 17.1. The molecule has 3 aromatic heterocycles. The zero-order valence-electron chi connectivity index (χ0n) is 20.2. The van der Waals surface area contributed by atoms with Crippen LogP contribution in [0, 0.1) is 0 Å². The maximum absolute atomic E-state index is 4.82. The van der Waals surface area contributed by atoms with E-state index in [1.807, 2.05) is 0 Å². The Labute approximate surface area is 204 Å². The monoisotopic (exact) mass is 469 g/mol. The van der Waals surface area contributed by atoms with E-state index in [9.17, 15) is 0 Å². The van der Waals surface area contributed by atoms with Gasteiger partial charge in [0.25, 0.3) is 0 Å². The molecule has 3 nitrogen and oxygen atoms in total. The second-order valence-electron chi connectivity index (χ2n) is 11.3. The largest absolute Gasteiger partial charge is 0.308 e. The molecule has 1 aliphatic heterocycles. The minimum Gasteiger partial charge on any atom is -0.308 e. The van der Waals surface area contributed by atoms with Gasteiger partial charge in [0, 0.05) is 24.2 Å². The van der Waals surface area contributed by atoms with Gasteiger partial charge < -0.3 is 4.40 Å². The predicted molar refractivity (Wildman–Crippen MR) is 151 cm³/mol. The van der Waals surface area contributed by atoms with Gasteiger partial charge in [-0.2, -0.15) is 0 Å². The van der Waals surface area contributed by atoms with E-state index in [-0.39, 0.29) is 0 Å². The molecule has 4 aromatic carbocycles. The van der Waals surface area contributed by atoms with Crippen molar-refractivity contribution in [2.45, 2.75) is 43.9 Å². The van der Waals surface area contributed by atoms with Gasteiger partial charge in [0.1, 0.15) is 6.33 Å². The normalized spacial score (nSPS) is 17.1. The summed E-state index contributed by atoms with van der Waals surface area (Å²) in [5, 5.41) is 7.55. The Bertz CT molecular complexity index is 1940. The highest BCUT2D eigenvalue weighted by molar-refractivity contribution is 6.77. The van der Waals surface area contributed by atoms with Gasteiger partial charge >= 0.3 is 0 Å². The number of nitrogens with zero attached hydrogens (tertiary/aromatic N) is 3. The predicted octanol–water partition coefficient (Wildman–Crippen LogP) is 8.52. The first-order valence-electron chi connectivity index (χ1n) is 12.8. The average molecular weight is 470 g/mol. The summed E-state index contributed by atoms with van der Waals surface area (Å²) in [5.74, 6) is 0.694. The van der Waals surface area contributed by atoms with E-state index in [0.717, 1.165) is 11.0 Å². The van der Waals surface area contributed by atoms with Crippen molar-refractivity contribution in [3.05, 3.63) is 78.6 Å². The fraction of sp³-hybridized carbons (Fsp3) is 0.226. The Morgan fingerprint density at radius 2 is 1.57 bits per heavy atom. The SMILES string of the molecule is C[Si]1(C)CCC(c2ccc3c(c2)c2ccc4ncnc5c6cc7ccccc7cc6n3c2c45)CC1. The lowest BCUT2D eigenvalue weighted by molar-refractivity contribution is 0.602. The summed E-state index contributed by atoms with van der Waals surface area (Å²) in [6.45, 7) is 5.11. The highest BCUT2D eigenvalue weighted by Gasteiger charge is 2.29. The number of hydrogen-bond donors (Lipinski definition) is 0. The van der Waals surface area contributed by atoms with Crippen LogP contribution in [-0.2, 0) is 0 Å². The Morgan fingerprint density at radius 3 is 2.40 bits per heavy atom. The van der Waals surface area contributed by atoms with Gasteiger partial charge in [0.05, 0.1) is 33.0 Å². The van der Waals surface area contributed by atoms with Crippen LogP contribution in [0.1, 0.15) is 24.3 Å². The first-order valence-corrected chi connectivity index (χ1v) is 16.2. The van der Waals surface area contributed by atoms with Crippen LogP contribution in [0.2, 0.25) is 25.2 Å². The van der Waals surface area contributed by atoms with Crippen molar-refractivity contribution in [1.29, 1.82) is 0 Å². The number of benzene rings is 4. The third-order valence-corrected chi connectivity index (χ3v) is 12.0. The van der Waals surface area contributed by atoms with Crippen molar-refractivity contribution < 1.29 is 0 Å². The quantitative estimate of drug-likeness (QED) is 0.137. The Balaban J connectivity index is 1.50. The highest BCUT2D eigenvalue weighted by atomic mass is 28.3. The van der Waals surface area contributed by atoms with Gasteiger partial charge in [0.2, 0.25) is 0 Å². The molecule has 4 heteroatoms. The van der Waals surface area contributed by atoms with Gasteiger partial charge in [-0.05, 0) is 71.5 Å². The number of aromatic nitrogens is 3. The van der Waals surface area contributed by atoms with Crippen molar-refractivity contribution >= 4 is 68.0 Å². The van der Waals surface area contributed by atoms with Crippen LogP contribution >= 0.6 is 0 Å². The smallest absolute Gasteiger partial charge is 0.116 e. The van der Waals surface area contributed by atoms with Gasteiger partial charge in [0.15, 0.2) is 0 Å². The Kier molecular flexibility index (Phi) is 3.84. The molecule has 0 saturated carbocycles. The number of fused-ring (bicyclic) bond motifs is 7. The molecule has 0 unspecified atom stereocenters. The molecule has 7 aromatic rings. The second-order valence-corrected chi connectivity index (χ2v) is 16.7. The van der Waals surface area contributed by atoms with Crippen LogP contribution in [-0.4, -0.2) is 22.4 Å². The number of rotatable bonds is 1. The standard InChI is InChI=1S/C31H27N3Si/c1-35(2)13-11-19(12-14-35)22-7-10-27-24(15-22)23-8-9-26-29-30(33-18-32-26)25-16-20-5-3-4-6-21(20)17-28(25)34(27)31(23)29/h3-10,15-19H,11-14H2,1-2H3. The van der Waals surface area contributed by atoms with Gasteiger partial charge in [-0.1, -0.05) is 55.5 Å². The second kappa shape index (κ2) is 6.79. The van der Waals surface area contributed by atoms with E-state index in [0.29, 0.717) is 5.92 Å². The third-order valence-electron chi connectivity index (χ3n) is 8.72. The molecule has 8 rings (SSSR count). The molecule has 0 aliphatic carbocycles. The summed E-state index contributed by atoms with van der Waals surface area (Å²) in [4.78, 5) is 9.48. The van der Waals surface area contributed by atoms with Crippen LogP contribution in [0.3, 0.4) is 0 Å². The highest BCUT2D eigenvalue weighted by Crippen LogP contribution is 2.43. The van der Waals surface area contributed by atoms with E-state index in [1.54, 1.807) is 6.33 Å². The zero-order chi connectivity index (χ0) is 23.3. The molecule has 1 aliphatic rings. The minimum absolute atomic E-state index is 0.694. The first kappa shape index (κ1) is 19.8. The van der Waals surface area contributed by atoms with E-state index in [4.69, 9.17) is 4.98 Å². The number of hydrogen-bond acceptors (Lipinski definition) is 2. The molecule has 0 radical (unpaired) electrons. The zero-order valence-corrected chi connectivity index (χ0v) is 21.2. The molecule has 1 fully saturated rings. The topological polar surface area (TPSA) is 30.2 Å². The molecule has 0 amide bonds. The average Bonchev–Trinajstić information content (AvgIpc) is 3.22. The molecular weight excluding hydrogens is 442 g/mol. The van der Waals surface area contributed by atoms with Crippen LogP contribution in [0.15, 0.2) is 73.1 Å². The lowest BCUT2D eigenvalue weighted by atomic mass is 9.92. The molecule has 4 heterocycles. The molecule has 35 heavy (non-hydrogen) atoms. The summed E-state index contributed by atoms with van der Waals surface area (Å²) in [7, 11) is -0.968. The molecule has 0 bridgehead atoms. The van der Waals surface area contributed by atoms with Crippen molar-refractivity contribution in [3.8, 4) is 0 Å². The maximum Gasteiger partial charge on any atom is 0.116 e. The molecule has 1 saturated heterocycles. The van der Waals surface area contributed by atoms with Crippen molar-refractivity contribution in [3.63, 3.8) is 0 Å². The fourth-order valence-corrected chi connectivity index (χ4v) is 9.22. The van der Waals surface area contributed by atoms with Crippen LogP contribution < -0.4 is 0 Å². The number of pyridine rings is 1. The maximum atomic E-state index is 4.82. The lowest BCUT2D eigenvalue weighted by Gasteiger charge is -2.33. The summed E-state index contributed by atoms with van der Waals surface area (Å²) in [5.41, 5.74) is 7.35. The molecule has 170 valence electrons. The summed E-state index contributed by atoms with van der Waals surface area (Å²) in [6, 6.07) is 27.9. The van der Waals surface area contributed by atoms with Crippen molar-refractivity contribution in [2.24, 2.45) is 0 Å². The third kappa shape index (κ3) is 2.72. The summed E-state index contributed by atoms with van der Waals surface area (Å²) < 4.78 is 2.48. The van der Waals surface area contributed by atoms with Crippen molar-refractivity contribution in [1.82, 2.24) is 14.4 Å². The van der Waals surface area contributed by atoms with Crippen molar-refractivity contribution in [2.75, 3.05) is 0 Å². The Hall–Kier alpha value is -3.50. The van der Waals surface area contributed by atoms with Gasteiger partial charge in [-0.3, -0.25) is 0 Å². The van der Waals surface area contributed by atoms with E-state index < -0.39 is 8.07 Å². The van der Waals surface area contributed by atoms with E-state index in [2.05, 4.69) is 89.2 Å². The van der Waals surface area contributed by atoms with E-state index in [1.165, 1.54) is 79.4 Å². The summed E-state index contributed by atoms with van der Waals surface area (Å²) in [6.07, 6.45) is 4.41. The van der Waals surface area contributed by atoms with Crippen LogP contribution in [0.4, 0.5) is 0 Å². The minimum atomic E-state index is -0.968. The molecule has 0 N–H and O–H groups in total. The van der Waals surface area contributed by atoms with Crippen LogP contribution in [0.5, 0.6) is 0 Å². The van der Waals surface area contributed by atoms with Gasteiger partial charge in [-0.25, -0.2) is 9.97 Å².